The maximum atomic E-state index is 12.0. The zero-order chi connectivity index (χ0) is 14.2. The Kier molecular flexibility index (Phi) is 4.66. The van der Waals surface area contributed by atoms with Crippen molar-refractivity contribution >= 4 is 41.7 Å². The van der Waals surface area contributed by atoms with Crippen molar-refractivity contribution in [2.24, 2.45) is 0 Å². The lowest BCUT2D eigenvalue weighted by Gasteiger charge is -2.28. The van der Waals surface area contributed by atoms with Gasteiger partial charge in [-0.05, 0) is 29.0 Å². The van der Waals surface area contributed by atoms with Crippen molar-refractivity contribution in [1.29, 1.82) is 0 Å². The van der Waals surface area contributed by atoms with Crippen LogP contribution in [0.15, 0.2) is 12.1 Å². The highest BCUT2D eigenvalue weighted by Crippen LogP contribution is 2.40. The fourth-order valence-electron chi connectivity index (χ4n) is 2.52. The summed E-state index contributed by atoms with van der Waals surface area (Å²) in [4.78, 5) is 13.5. The minimum Gasteiger partial charge on any atom is -0.390 e. The molecule has 6 heteroatoms. The first-order valence-corrected chi connectivity index (χ1v) is 7.37. The van der Waals surface area contributed by atoms with Gasteiger partial charge in [0.25, 0.3) is 0 Å². The monoisotopic (exact) mass is 319 g/mol. The van der Waals surface area contributed by atoms with Gasteiger partial charge in [-0.15, -0.1) is 0 Å². The second-order valence-corrected chi connectivity index (χ2v) is 5.94. The number of nitrogens with zero attached hydrogens (tertiary/aromatic N) is 1. The van der Waals surface area contributed by atoms with Crippen LogP contribution in [-0.4, -0.2) is 34.8 Å². The number of amides is 1. The first-order valence-electron chi connectivity index (χ1n) is 5.98. The number of carbonyl (C=O) groups excluding carboxylic acids is 1. The van der Waals surface area contributed by atoms with Crippen molar-refractivity contribution in [1.82, 2.24) is 4.90 Å². The van der Waals surface area contributed by atoms with Gasteiger partial charge in [-0.3, -0.25) is 4.79 Å². The second kappa shape index (κ2) is 5.92. The Labute approximate surface area is 127 Å². The molecule has 19 heavy (non-hydrogen) atoms. The van der Waals surface area contributed by atoms with Crippen LogP contribution in [0, 0.1) is 0 Å². The number of likely N-dealkylation sites (N-methyl/N-ethyl adjacent to an activating group) is 1. The van der Waals surface area contributed by atoms with Gasteiger partial charge in [-0.25, -0.2) is 0 Å². The Bertz CT molecular complexity index is 510. The highest BCUT2D eigenvalue weighted by Gasteiger charge is 2.37. The van der Waals surface area contributed by atoms with Crippen LogP contribution in [0.2, 0.25) is 10.0 Å². The third-order valence-corrected chi connectivity index (χ3v) is 4.21. The summed E-state index contributed by atoms with van der Waals surface area (Å²) in [7, 11) is 1.68. The molecular formula is C13H15Cl2NO2S. The van der Waals surface area contributed by atoms with E-state index in [4.69, 9.17) is 23.2 Å². The standard InChI is InChI=1S/C13H15Cl2NO2S/c1-16(12(18)2-3-19)13-9-4-7(14)5-10(15)8(9)6-11(13)17/h4-5,11,13,17,19H,2-3,6H2,1H3. The molecule has 0 spiro atoms. The van der Waals surface area contributed by atoms with Gasteiger partial charge >= 0.3 is 0 Å². The zero-order valence-corrected chi connectivity index (χ0v) is 12.8. The smallest absolute Gasteiger partial charge is 0.223 e. The average Bonchev–Trinajstić information content (AvgIpc) is 2.65. The third kappa shape index (κ3) is 2.87. The summed E-state index contributed by atoms with van der Waals surface area (Å²) in [5.74, 6) is 0.429. The quantitative estimate of drug-likeness (QED) is 0.841. The van der Waals surface area contributed by atoms with Gasteiger partial charge < -0.3 is 10.0 Å². The van der Waals surface area contributed by atoms with Crippen molar-refractivity contribution < 1.29 is 9.90 Å². The second-order valence-electron chi connectivity index (χ2n) is 4.65. The Hall–Kier alpha value is -0.420. The van der Waals surface area contributed by atoms with Crippen LogP contribution in [0.5, 0.6) is 0 Å². The van der Waals surface area contributed by atoms with E-state index in [0.29, 0.717) is 28.6 Å². The number of aliphatic hydroxyl groups is 1. The number of fused-ring (bicyclic) bond motifs is 1. The molecule has 0 aliphatic heterocycles. The summed E-state index contributed by atoms with van der Waals surface area (Å²) < 4.78 is 0. The molecule has 1 aliphatic rings. The number of halogens is 2. The largest absolute Gasteiger partial charge is 0.390 e. The summed E-state index contributed by atoms with van der Waals surface area (Å²) in [6, 6.07) is 3.04. The number of thiol groups is 1. The Morgan fingerprint density at radius 1 is 1.53 bits per heavy atom. The molecule has 0 radical (unpaired) electrons. The molecule has 3 nitrogen and oxygen atoms in total. The zero-order valence-electron chi connectivity index (χ0n) is 10.4. The number of hydrogen-bond acceptors (Lipinski definition) is 3. The third-order valence-electron chi connectivity index (χ3n) is 3.43. The van der Waals surface area contributed by atoms with Crippen molar-refractivity contribution in [3.63, 3.8) is 0 Å². The van der Waals surface area contributed by atoms with Gasteiger partial charge in [0.1, 0.15) is 0 Å². The molecule has 0 aromatic heterocycles. The number of benzene rings is 1. The molecule has 104 valence electrons. The Balaban J connectivity index is 2.37. The Morgan fingerprint density at radius 3 is 2.84 bits per heavy atom. The van der Waals surface area contributed by atoms with Crippen LogP contribution >= 0.6 is 35.8 Å². The summed E-state index contributed by atoms with van der Waals surface area (Å²) in [6.07, 6.45) is 0.126. The fraction of sp³-hybridized carbons (Fsp3) is 0.462. The van der Waals surface area contributed by atoms with Crippen molar-refractivity contribution in [3.05, 3.63) is 33.3 Å². The minimum atomic E-state index is -0.653. The number of aliphatic hydroxyl groups excluding tert-OH is 1. The summed E-state index contributed by atoms with van der Waals surface area (Å²) in [5.41, 5.74) is 1.70. The van der Waals surface area contributed by atoms with Crippen molar-refractivity contribution in [2.45, 2.75) is 25.0 Å². The fourth-order valence-corrected chi connectivity index (χ4v) is 3.30. The lowest BCUT2D eigenvalue weighted by Crippen LogP contribution is -2.36. The van der Waals surface area contributed by atoms with E-state index >= 15 is 0 Å². The lowest BCUT2D eigenvalue weighted by atomic mass is 10.1. The lowest BCUT2D eigenvalue weighted by molar-refractivity contribution is -0.133. The maximum Gasteiger partial charge on any atom is 0.223 e. The molecule has 0 bridgehead atoms. The van der Waals surface area contributed by atoms with E-state index in [1.54, 1.807) is 24.1 Å². The van der Waals surface area contributed by atoms with Crippen LogP contribution in [0.25, 0.3) is 0 Å². The van der Waals surface area contributed by atoms with Crippen molar-refractivity contribution in [3.8, 4) is 0 Å². The van der Waals surface area contributed by atoms with E-state index in [1.165, 1.54) is 0 Å². The van der Waals surface area contributed by atoms with Crippen LogP contribution in [-0.2, 0) is 11.2 Å². The molecule has 0 heterocycles. The van der Waals surface area contributed by atoms with Crippen LogP contribution in [0.1, 0.15) is 23.6 Å². The molecule has 0 saturated heterocycles. The first kappa shape index (κ1) is 15.0. The SMILES string of the molecule is CN(C(=O)CCS)C1c2cc(Cl)cc(Cl)c2CC1O. The summed E-state index contributed by atoms with van der Waals surface area (Å²) in [6.45, 7) is 0. The van der Waals surface area contributed by atoms with E-state index < -0.39 is 12.1 Å². The molecule has 1 N–H and O–H groups in total. The number of carbonyl (C=O) groups is 1. The molecule has 2 atom stereocenters. The molecule has 0 fully saturated rings. The Morgan fingerprint density at radius 2 is 2.21 bits per heavy atom. The van der Waals surface area contributed by atoms with Crippen LogP contribution < -0.4 is 0 Å². The number of hydrogen-bond donors (Lipinski definition) is 2. The molecule has 1 aliphatic carbocycles. The molecule has 1 aromatic carbocycles. The van der Waals surface area contributed by atoms with Crippen LogP contribution in [0.3, 0.4) is 0 Å². The highest BCUT2D eigenvalue weighted by atomic mass is 35.5. The van der Waals surface area contributed by atoms with Gasteiger partial charge in [-0.1, -0.05) is 23.2 Å². The van der Waals surface area contributed by atoms with E-state index in [9.17, 15) is 9.90 Å². The van der Waals surface area contributed by atoms with Gasteiger partial charge in [0, 0.05) is 29.9 Å². The average molecular weight is 320 g/mol. The molecule has 2 unspecified atom stereocenters. The van der Waals surface area contributed by atoms with Gasteiger partial charge in [0.05, 0.1) is 12.1 Å². The van der Waals surface area contributed by atoms with E-state index in [1.807, 2.05) is 0 Å². The van der Waals surface area contributed by atoms with E-state index in [2.05, 4.69) is 12.6 Å². The predicted molar refractivity (Wildman–Crippen MR) is 80.2 cm³/mol. The topological polar surface area (TPSA) is 40.5 Å². The molecule has 1 amide bonds. The van der Waals surface area contributed by atoms with E-state index in [-0.39, 0.29) is 5.91 Å². The number of rotatable bonds is 3. The van der Waals surface area contributed by atoms with Gasteiger partial charge in [0.2, 0.25) is 5.91 Å². The minimum absolute atomic E-state index is 0.0528. The molecular weight excluding hydrogens is 305 g/mol. The molecule has 0 saturated carbocycles. The normalized spacial score (nSPS) is 21.3. The van der Waals surface area contributed by atoms with E-state index in [0.717, 1.165) is 11.1 Å². The van der Waals surface area contributed by atoms with Gasteiger partial charge in [0.15, 0.2) is 0 Å². The van der Waals surface area contributed by atoms with Gasteiger partial charge in [-0.2, -0.15) is 12.6 Å². The van der Waals surface area contributed by atoms with Crippen molar-refractivity contribution in [2.75, 3.05) is 12.8 Å². The molecule has 2 rings (SSSR count). The predicted octanol–water partition coefficient (Wildman–Crippen LogP) is 2.73. The molecule has 1 aromatic rings. The highest BCUT2D eigenvalue weighted by molar-refractivity contribution is 7.80. The summed E-state index contributed by atoms with van der Waals surface area (Å²) in [5, 5.41) is 11.3. The van der Waals surface area contributed by atoms with Crippen LogP contribution in [0.4, 0.5) is 0 Å². The maximum absolute atomic E-state index is 12.0. The summed E-state index contributed by atoms with van der Waals surface area (Å²) >= 11 is 16.2. The first-order chi connectivity index (χ1) is 8.95.